The molecule has 0 saturated carbocycles. The Labute approximate surface area is 180 Å². The van der Waals surface area contributed by atoms with E-state index >= 15 is 0 Å². The molecular formula is C25H33N3O2. The fourth-order valence-electron chi connectivity index (χ4n) is 4.51. The van der Waals surface area contributed by atoms with Gasteiger partial charge < -0.3 is 14.5 Å². The predicted molar refractivity (Wildman–Crippen MR) is 121 cm³/mol. The van der Waals surface area contributed by atoms with Crippen LogP contribution in [0.1, 0.15) is 50.4 Å². The Bertz CT molecular complexity index is 855. The Morgan fingerprint density at radius 3 is 2.30 bits per heavy atom. The minimum atomic E-state index is -0.559. The van der Waals surface area contributed by atoms with E-state index in [4.69, 9.17) is 4.74 Å². The van der Waals surface area contributed by atoms with Crippen molar-refractivity contribution in [1.29, 1.82) is 0 Å². The van der Waals surface area contributed by atoms with Crippen LogP contribution < -0.4 is 15.0 Å². The van der Waals surface area contributed by atoms with Crippen LogP contribution in [-0.4, -0.2) is 43.1 Å². The number of amides is 1. The van der Waals surface area contributed by atoms with E-state index in [-0.39, 0.29) is 12.1 Å². The molecular weight excluding hydrogens is 374 g/mol. The first-order valence-electron chi connectivity index (χ1n) is 11.0. The van der Waals surface area contributed by atoms with Gasteiger partial charge in [0.05, 0.1) is 12.6 Å². The standard InChI is InChI=1S/C25H33N3O2/c1-25(2)24(29)28(18-15-19-7-13-22(30-3)14-8-19)23(26-25)20-9-11-21(12-10-20)27-16-5-4-6-17-27/h7-14,23,26H,4-6,15-18H2,1-3H3. The van der Waals surface area contributed by atoms with Crippen LogP contribution in [0.3, 0.4) is 0 Å². The number of carbonyl (C=O) groups is 1. The van der Waals surface area contributed by atoms with Gasteiger partial charge in [-0.3, -0.25) is 10.1 Å². The molecule has 0 radical (unpaired) electrons. The normalized spacial score (nSPS) is 21.2. The minimum Gasteiger partial charge on any atom is -0.497 e. The first kappa shape index (κ1) is 20.7. The van der Waals surface area contributed by atoms with Crippen molar-refractivity contribution < 1.29 is 9.53 Å². The molecule has 1 amide bonds. The smallest absolute Gasteiger partial charge is 0.243 e. The highest BCUT2D eigenvalue weighted by molar-refractivity contribution is 5.88. The van der Waals surface area contributed by atoms with Crippen LogP contribution in [0.4, 0.5) is 5.69 Å². The second-order valence-electron chi connectivity index (χ2n) is 8.91. The average Bonchev–Trinajstić information content (AvgIpc) is 3.02. The van der Waals surface area contributed by atoms with Crippen LogP contribution in [0.5, 0.6) is 5.75 Å². The summed E-state index contributed by atoms with van der Waals surface area (Å²) >= 11 is 0. The van der Waals surface area contributed by atoms with E-state index in [2.05, 4.69) is 46.6 Å². The Morgan fingerprint density at radius 1 is 1.00 bits per heavy atom. The highest BCUT2D eigenvalue weighted by atomic mass is 16.5. The summed E-state index contributed by atoms with van der Waals surface area (Å²) in [5.74, 6) is 1.01. The molecule has 2 fully saturated rings. The topological polar surface area (TPSA) is 44.8 Å². The molecule has 2 aromatic rings. The van der Waals surface area contributed by atoms with Gasteiger partial charge in [-0.25, -0.2) is 0 Å². The molecule has 0 spiro atoms. The maximum atomic E-state index is 13.1. The van der Waals surface area contributed by atoms with Gasteiger partial charge in [0.1, 0.15) is 11.9 Å². The van der Waals surface area contributed by atoms with E-state index in [1.54, 1.807) is 7.11 Å². The van der Waals surface area contributed by atoms with Gasteiger partial charge in [0, 0.05) is 25.3 Å². The third kappa shape index (κ3) is 4.31. The van der Waals surface area contributed by atoms with E-state index in [1.807, 2.05) is 30.9 Å². The van der Waals surface area contributed by atoms with Crippen molar-refractivity contribution in [2.45, 2.75) is 51.2 Å². The van der Waals surface area contributed by atoms with Crippen LogP contribution >= 0.6 is 0 Å². The lowest BCUT2D eigenvalue weighted by Crippen LogP contribution is -2.40. The van der Waals surface area contributed by atoms with E-state index in [9.17, 15) is 4.79 Å². The van der Waals surface area contributed by atoms with Crippen molar-refractivity contribution in [2.75, 3.05) is 31.6 Å². The summed E-state index contributed by atoms with van der Waals surface area (Å²) < 4.78 is 5.24. The summed E-state index contributed by atoms with van der Waals surface area (Å²) in [5, 5.41) is 3.54. The third-order valence-electron chi connectivity index (χ3n) is 6.34. The van der Waals surface area contributed by atoms with Gasteiger partial charge in [0.25, 0.3) is 0 Å². The van der Waals surface area contributed by atoms with Gasteiger partial charge in [-0.15, -0.1) is 0 Å². The zero-order chi connectivity index (χ0) is 21.1. The number of anilines is 1. The fraction of sp³-hybridized carbons (Fsp3) is 0.480. The van der Waals surface area contributed by atoms with Crippen LogP contribution in [0.2, 0.25) is 0 Å². The summed E-state index contributed by atoms with van der Waals surface area (Å²) in [5.41, 5.74) is 3.07. The average molecular weight is 408 g/mol. The molecule has 2 aliphatic rings. The Morgan fingerprint density at radius 2 is 1.67 bits per heavy atom. The van der Waals surface area contributed by atoms with Crippen molar-refractivity contribution in [3.8, 4) is 5.75 Å². The number of hydrogen-bond acceptors (Lipinski definition) is 4. The molecule has 30 heavy (non-hydrogen) atoms. The Balaban J connectivity index is 1.48. The molecule has 4 rings (SSSR count). The largest absolute Gasteiger partial charge is 0.497 e. The van der Waals surface area contributed by atoms with E-state index in [0.29, 0.717) is 6.54 Å². The third-order valence-corrected chi connectivity index (χ3v) is 6.34. The van der Waals surface area contributed by atoms with E-state index < -0.39 is 5.54 Å². The minimum absolute atomic E-state index is 0.0962. The van der Waals surface area contributed by atoms with Gasteiger partial charge in [0.2, 0.25) is 5.91 Å². The van der Waals surface area contributed by atoms with Gasteiger partial charge in [-0.2, -0.15) is 0 Å². The van der Waals surface area contributed by atoms with Crippen molar-refractivity contribution in [3.63, 3.8) is 0 Å². The SMILES string of the molecule is COc1ccc(CCN2C(=O)C(C)(C)NC2c2ccc(N3CCCCC3)cc2)cc1. The molecule has 2 aliphatic heterocycles. The summed E-state index contributed by atoms with van der Waals surface area (Å²) in [4.78, 5) is 17.5. The Hall–Kier alpha value is -2.53. The lowest BCUT2D eigenvalue weighted by Gasteiger charge is -2.29. The molecule has 2 saturated heterocycles. The van der Waals surface area contributed by atoms with Gasteiger partial charge in [0.15, 0.2) is 0 Å². The Kier molecular flexibility index (Phi) is 6.00. The molecule has 0 bridgehead atoms. The summed E-state index contributed by atoms with van der Waals surface area (Å²) in [6.45, 7) is 6.90. The summed E-state index contributed by atoms with van der Waals surface area (Å²) in [6, 6.07) is 16.9. The first-order valence-corrected chi connectivity index (χ1v) is 11.0. The number of benzene rings is 2. The number of piperidine rings is 1. The maximum absolute atomic E-state index is 13.1. The lowest BCUT2D eigenvalue weighted by atomic mass is 10.1. The number of ether oxygens (including phenoxy) is 1. The number of carbonyl (C=O) groups excluding carboxylic acids is 1. The van der Waals surface area contributed by atoms with Crippen molar-refractivity contribution in [3.05, 3.63) is 59.7 Å². The number of hydrogen-bond donors (Lipinski definition) is 1. The van der Waals surface area contributed by atoms with Crippen LogP contribution in [0.15, 0.2) is 48.5 Å². The van der Waals surface area contributed by atoms with Crippen LogP contribution in [0, 0.1) is 0 Å². The zero-order valence-corrected chi connectivity index (χ0v) is 18.4. The van der Waals surface area contributed by atoms with E-state index in [1.165, 1.54) is 30.5 Å². The lowest BCUT2D eigenvalue weighted by molar-refractivity contribution is -0.132. The molecule has 2 heterocycles. The molecule has 5 heteroatoms. The molecule has 1 unspecified atom stereocenters. The number of nitrogens with zero attached hydrogens (tertiary/aromatic N) is 2. The van der Waals surface area contributed by atoms with Crippen molar-refractivity contribution >= 4 is 11.6 Å². The molecule has 1 atom stereocenters. The molecule has 1 N–H and O–H groups in total. The fourth-order valence-corrected chi connectivity index (χ4v) is 4.51. The van der Waals surface area contributed by atoms with Gasteiger partial charge >= 0.3 is 0 Å². The summed E-state index contributed by atoms with van der Waals surface area (Å²) in [7, 11) is 1.67. The zero-order valence-electron chi connectivity index (χ0n) is 18.4. The first-order chi connectivity index (χ1) is 14.5. The number of nitrogens with one attached hydrogen (secondary N) is 1. The second-order valence-corrected chi connectivity index (χ2v) is 8.91. The molecule has 0 aromatic heterocycles. The number of methoxy groups -OCH3 is 1. The quantitative estimate of drug-likeness (QED) is 0.782. The highest BCUT2D eigenvalue weighted by Gasteiger charge is 2.44. The monoisotopic (exact) mass is 407 g/mol. The summed E-state index contributed by atoms with van der Waals surface area (Å²) in [6.07, 6.45) is 4.60. The van der Waals surface area contributed by atoms with Gasteiger partial charge in [-0.1, -0.05) is 24.3 Å². The van der Waals surface area contributed by atoms with Crippen molar-refractivity contribution in [1.82, 2.24) is 10.2 Å². The van der Waals surface area contributed by atoms with Crippen molar-refractivity contribution in [2.24, 2.45) is 0 Å². The molecule has 160 valence electrons. The molecule has 0 aliphatic carbocycles. The van der Waals surface area contributed by atoms with Gasteiger partial charge in [-0.05, 0) is 74.9 Å². The van der Waals surface area contributed by atoms with Crippen LogP contribution in [-0.2, 0) is 11.2 Å². The second kappa shape index (κ2) is 8.68. The molecule has 5 nitrogen and oxygen atoms in total. The highest BCUT2D eigenvalue weighted by Crippen LogP contribution is 2.32. The maximum Gasteiger partial charge on any atom is 0.243 e. The molecule has 2 aromatic carbocycles. The van der Waals surface area contributed by atoms with Crippen LogP contribution in [0.25, 0.3) is 0 Å². The predicted octanol–water partition coefficient (Wildman–Crippen LogP) is 4.14. The number of rotatable bonds is 6. The van der Waals surface area contributed by atoms with E-state index in [0.717, 1.165) is 30.8 Å².